The van der Waals surface area contributed by atoms with Crippen LogP contribution in [-0.4, -0.2) is 23.7 Å². The molecule has 21 heavy (non-hydrogen) atoms. The molecule has 0 saturated heterocycles. The molecule has 2 N–H and O–H groups in total. The molecule has 0 aromatic carbocycles. The van der Waals surface area contributed by atoms with Gasteiger partial charge in [-0.05, 0) is 38.2 Å². The Morgan fingerprint density at radius 2 is 2.14 bits per heavy atom. The lowest BCUT2D eigenvalue weighted by molar-refractivity contribution is 0.0869. The largest absolute Gasteiger partial charge is 0.456 e. The number of carbonyl (C=O) groups is 1. The summed E-state index contributed by atoms with van der Waals surface area (Å²) in [4.78, 5) is 12.4. The van der Waals surface area contributed by atoms with Gasteiger partial charge in [0, 0.05) is 24.6 Å². The normalized spacial score (nSPS) is 17.7. The SMILES string of the molecule is CCc1cc(C)c(C(=O)NC(CCO)C2CCCCC2)o1. The topological polar surface area (TPSA) is 62.5 Å². The van der Waals surface area contributed by atoms with Gasteiger partial charge in [-0.3, -0.25) is 4.79 Å². The second kappa shape index (κ2) is 7.64. The number of furan rings is 1. The Labute approximate surface area is 126 Å². The first-order valence-corrected chi connectivity index (χ1v) is 8.16. The molecule has 118 valence electrons. The monoisotopic (exact) mass is 293 g/mol. The van der Waals surface area contributed by atoms with Crippen LogP contribution < -0.4 is 5.32 Å². The molecule has 1 aliphatic carbocycles. The van der Waals surface area contributed by atoms with Crippen molar-refractivity contribution in [2.75, 3.05) is 6.61 Å². The van der Waals surface area contributed by atoms with Crippen molar-refractivity contribution in [1.82, 2.24) is 5.32 Å². The van der Waals surface area contributed by atoms with Crippen molar-refractivity contribution in [2.45, 2.75) is 64.8 Å². The summed E-state index contributed by atoms with van der Waals surface area (Å²) in [6.45, 7) is 4.02. The predicted octanol–water partition coefficient (Wildman–Crippen LogP) is 3.21. The minimum atomic E-state index is -0.142. The zero-order valence-corrected chi connectivity index (χ0v) is 13.2. The van der Waals surface area contributed by atoms with Crippen LogP contribution in [0, 0.1) is 12.8 Å². The first-order valence-electron chi connectivity index (χ1n) is 8.16. The second-order valence-electron chi connectivity index (χ2n) is 6.07. The maximum atomic E-state index is 12.4. The van der Waals surface area contributed by atoms with Gasteiger partial charge in [0.25, 0.3) is 5.91 Å². The predicted molar refractivity (Wildman–Crippen MR) is 82.4 cm³/mol. The zero-order valence-electron chi connectivity index (χ0n) is 13.2. The third kappa shape index (κ3) is 4.10. The van der Waals surface area contributed by atoms with Crippen LogP contribution in [0.2, 0.25) is 0 Å². The van der Waals surface area contributed by atoms with E-state index in [0.29, 0.717) is 18.1 Å². The number of aliphatic hydroxyl groups is 1. The van der Waals surface area contributed by atoms with Gasteiger partial charge >= 0.3 is 0 Å². The molecule has 1 aliphatic rings. The summed E-state index contributed by atoms with van der Waals surface area (Å²) in [7, 11) is 0. The van der Waals surface area contributed by atoms with Gasteiger partial charge < -0.3 is 14.8 Å². The fourth-order valence-corrected chi connectivity index (χ4v) is 3.28. The molecular weight excluding hydrogens is 266 g/mol. The van der Waals surface area contributed by atoms with Crippen LogP contribution >= 0.6 is 0 Å². The van der Waals surface area contributed by atoms with Crippen molar-refractivity contribution in [3.05, 3.63) is 23.2 Å². The van der Waals surface area contributed by atoms with Crippen LogP contribution in [0.5, 0.6) is 0 Å². The summed E-state index contributed by atoms with van der Waals surface area (Å²) in [5, 5.41) is 12.4. The lowest BCUT2D eigenvalue weighted by atomic mass is 9.82. The van der Waals surface area contributed by atoms with E-state index in [1.54, 1.807) is 0 Å². The summed E-state index contributed by atoms with van der Waals surface area (Å²) >= 11 is 0. The molecule has 1 aromatic rings. The van der Waals surface area contributed by atoms with Crippen molar-refractivity contribution < 1.29 is 14.3 Å². The Hall–Kier alpha value is -1.29. The molecule has 4 nitrogen and oxygen atoms in total. The number of aryl methyl sites for hydroxylation is 2. The molecule has 1 aromatic heterocycles. The highest BCUT2D eigenvalue weighted by Gasteiger charge is 2.26. The highest BCUT2D eigenvalue weighted by molar-refractivity contribution is 5.93. The molecule has 1 saturated carbocycles. The minimum Gasteiger partial charge on any atom is -0.456 e. The van der Waals surface area contributed by atoms with Crippen LogP contribution in [0.1, 0.15) is 67.3 Å². The van der Waals surface area contributed by atoms with Crippen LogP contribution in [0.15, 0.2) is 10.5 Å². The number of nitrogens with one attached hydrogen (secondary N) is 1. The molecule has 0 bridgehead atoms. The minimum absolute atomic E-state index is 0.0531. The van der Waals surface area contributed by atoms with E-state index in [2.05, 4.69) is 5.32 Å². The Balaban J connectivity index is 2.04. The van der Waals surface area contributed by atoms with Gasteiger partial charge in [-0.25, -0.2) is 0 Å². The van der Waals surface area contributed by atoms with E-state index in [9.17, 15) is 9.90 Å². The molecule has 0 spiro atoms. The Kier molecular flexibility index (Phi) is 5.85. The molecule has 1 amide bonds. The van der Waals surface area contributed by atoms with Gasteiger partial charge in [-0.1, -0.05) is 26.2 Å². The van der Waals surface area contributed by atoms with Crippen molar-refractivity contribution in [1.29, 1.82) is 0 Å². The number of hydrogen-bond acceptors (Lipinski definition) is 3. The summed E-state index contributed by atoms with van der Waals surface area (Å²) < 4.78 is 5.62. The van der Waals surface area contributed by atoms with Crippen molar-refractivity contribution in [3.8, 4) is 0 Å². The quantitative estimate of drug-likeness (QED) is 0.846. The molecule has 1 heterocycles. The molecule has 0 aliphatic heterocycles. The number of carbonyl (C=O) groups excluding carboxylic acids is 1. The average Bonchev–Trinajstić information content (AvgIpc) is 2.89. The Morgan fingerprint density at radius 1 is 1.43 bits per heavy atom. The van der Waals surface area contributed by atoms with E-state index >= 15 is 0 Å². The zero-order chi connectivity index (χ0) is 15.2. The number of hydrogen-bond donors (Lipinski definition) is 2. The number of amides is 1. The van der Waals surface area contributed by atoms with E-state index < -0.39 is 0 Å². The summed E-state index contributed by atoms with van der Waals surface area (Å²) in [5.74, 6) is 1.60. The summed E-state index contributed by atoms with van der Waals surface area (Å²) in [6, 6.07) is 1.98. The maximum Gasteiger partial charge on any atom is 0.287 e. The maximum absolute atomic E-state index is 12.4. The van der Waals surface area contributed by atoms with Crippen molar-refractivity contribution >= 4 is 5.91 Å². The lowest BCUT2D eigenvalue weighted by Gasteiger charge is -2.30. The first kappa shape index (κ1) is 16.1. The van der Waals surface area contributed by atoms with Gasteiger partial charge in [0.2, 0.25) is 0 Å². The Bertz CT molecular complexity index is 461. The Morgan fingerprint density at radius 3 is 2.71 bits per heavy atom. The molecule has 0 radical (unpaired) electrons. The highest BCUT2D eigenvalue weighted by Crippen LogP contribution is 2.28. The molecule has 1 atom stereocenters. The third-order valence-corrected chi connectivity index (χ3v) is 4.50. The molecular formula is C17H27NO3. The molecule has 1 fully saturated rings. The summed E-state index contributed by atoms with van der Waals surface area (Å²) in [5.41, 5.74) is 0.885. The smallest absolute Gasteiger partial charge is 0.287 e. The molecule has 2 rings (SSSR count). The van der Waals surface area contributed by atoms with E-state index in [1.165, 1.54) is 19.3 Å². The van der Waals surface area contributed by atoms with Crippen LogP contribution in [0.3, 0.4) is 0 Å². The van der Waals surface area contributed by atoms with Gasteiger partial charge in [0.1, 0.15) is 5.76 Å². The van der Waals surface area contributed by atoms with Gasteiger partial charge in [-0.15, -0.1) is 0 Å². The van der Waals surface area contributed by atoms with Crippen molar-refractivity contribution in [3.63, 3.8) is 0 Å². The number of aliphatic hydroxyl groups excluding tert-OH is 1. The fourth-order valence-electron chi connectivity index (χ4n) is 3.28. The van der Waals surface area contributed by atoms with E-state index in [0.717, 1.165) is 30.6 Å². The van der Waals surface area contributed by atoms with E-state index in [-0.39, 0.29) is 18.6 Å². The van der Waals surface area contributed by atoms with Crippen LogP contribution in [0.4, 0.5) is 0 Å². The molecule has 4 heteroatoms. The first-order chi connectivity index (χ1) is 10.2. The third-order valence-electron chi connectivity index (χ3n) is 4.50. The van der Waals surface area contributed by atoms with Gasteiger partial charge in [0.15, 0.2) is 5.76 Å². The summed E-state index contributed by atoms with van der Waals surface area (Å²) in [6.07, 6.45) is 7.43. The standard InChI is InChI=1S/C17H27NO3/c1-3-14-11-12(2)16(21-14)17(20)18-15(9-10-19)13-7-5-4-6-8-13/h11,13,15,19H,3-10H2,1-2H3,(H,18,20). The number of rotatable bonds is 6. The van der Waals surface area contributed by atoms with Gasteiger partial charge in [-0.2, -0.15) is 0 Å². The second-order valence-corrected chi connectivity index (χ2v) is 6.07. The van der Waals surface area contributed by atoms with Gasteiger partial charge in [0.05, 0.1) is 0 Å². The highest BCUT2D eigenvalue weighted by atomic mass is 16.4. The van der Waals surface area contributed by atoms with E-state index in [4.69, 9.17) is 4.42 Å². The average molecular weight is 293 g/mol. The lowest BCUT2D eigenvalue weighted by Crippen LogP contribution is -2.41. The van der Waals surface area contributed by atoms with Crippen LogP contribution in [-0.2, 0) is 6.42 Å². The molecule has 1 unspecified atom stereocenters. The van der Waals surface area contributed by atoms with Crippen molar-refractivity contribution in [2.24, 2.45) is 5.92 Å². The fraction of sp³-hybridized carbons (Fsp3) is 0.706. The van der Waals surface area contributed by atoms with Crippen LogP contribution in [0.25, 0.3) is 0 Å². The van der Waals surface area contributed by atoms with E-state index in [1.807, 2.05) is 19.9 Å².